The predicted octanol–water partition coefficient (Wildman–Crippen LogP) is 1.48. The van der Waals surface area contributed by atoms with Crippen LogP contribution in [0.25, 0.3) is 0 Å². The Kier molecular flexibility index (Phi) is 6.10. The molecule has 0 aliphatic carbocycles. The van der Waals surface area contributed by atoms with E-state index in [0.29, 0.717) is 17.7 Å². The molecule has 0 atom stereocenters. The van der Waals surface area contributed by atoms with E-state index in [9.17, 15) is 19.2 Å². The molecule has 8 heteroatoms. The van der Waals surface area contributed by atoms with E-state index in [1.165, 1.54) is 4.90 Å². The van der Waals surface area contributed by atoms with Crippen molar-refractivity contribution in [3.8, 4) is 0 Å². The van der Waals surface area contributed by atoms with Crippen LogP contribution in [0.1, 0.15) is 30.1 Å². The van der Waals surface area contributed by atoms with Crippen molar-refractivity contribution in [3.63, 3.8) is 0 Å². The molecule has 134 valence electrons. The molecule has 0 spiro atoms. The van der Waals surface area contributed by atoms with Gasteiger partial charge in [0.05, 0.1) is 12.2 Å². The van der Waals surface area contributed by atoms with Gasteiger partial charge >= 0.3 is 12.0 Å². The summed E-state index contributed by atoms with van der Waals surface area (Å²) in [7, 11) is 1.56. The molecule has 1 fully saturated rings. The number of imide groups is 1. The van der Waals surface area contributed by atoms with E-state index in [1.54, 1.807) is 38.2 Å². The largest absolute Gasteiger partial charge is 0.462 e. The molecule has 0 radical (unpaired) electrons. The highest BCUT2D eigenvalue weighted by molar-refractivity contribution is 6.01. The molecule has 1 aliphatic heterocycles. The lowest BCUT2D eigenvalue weighted by atomic mass is 10.2. The first-order chi connectivity index (χ1) is 11.9. The first-order valence-corrected chi connectivity index (χ1v) is 8.05. The van der Waals surface area contributed by atoms with Gasteiger partial charge in [-0.15, -0.1) is 0 Å². The van der Waals surface area contributed by atoms with Crippen LogP contribution in [-0.4, -0.2) is 60.4 Å². The number of likely N-dealkylation sites (N-methyl/N-ethyl adjacent to an activating group) is 1. The number of rotatable bonds is 7. The maximum absolute atomic E-state index is 12.0. The van der Waals surface area contributed by atoms with Gasteiger partial charge in [-0.05, 0) is 31.5 Å². The molecule has 8 nitrogen and oxygen atoms in total. The van der Waals surface area contributed by atoms with Crippen molar-refractivity contribution >= 4 is 29.5 Å². The van der Waals surface area contributed by atoms with E-state index in [4.69, 9.17) is 4.74 Å². The van der Waals surface area contributed by atoms with Gasteiger partial charge in [-0.3, -0.25) is 14.5 Å². The topological polar surface area (TPSA) is 96.0 Å². The van der Waals surface area contributed by atoms with Crippen molar-refractivity contribution in [2.24, 2.45) is 0 Å². The number of ether oxygens (including phenoxy) is 1. The van der Waals surface area contributed by atoms with Crippen LogP contribution in [0.4, 0.5) is 10.5 Å². The van der Waals surface area contributed by atoms with Crippen LogP contribution in [0, 0.1) is 0 Å². The van der Waals surface area contributed by atoms with Gasteiger partial charge in [-0.2, -0.15) is 0 Å². The number of benzene rings is 1. The van der Waals surface area contributed by atoms with E-state index in [-0.39, 0.29) is 44.0 Å². The quantitative estimate of drug-likeness (QED) is 0.595. The van der Waals surface area contributed by atoms with E-state index in [0.717, 1.165) is 4.90 Å². The minimum atomic E-state index is -0.450. The molecule has 1 saturated heterocycles. The number of carbonyl (C=O) groups is 4. The fourth-order valence-corrected chi connectivity index (χ4v) is 2.45. The fourth-order valence-electron chi connectivity index (χ4n) is 2.45. The molecule has 25 heavy (non-hydrogen) atoms. The third-order valence-electron chi connectivity index (χ3n) is 3.67. The Labute approximate surface area is 145 Å². The molecule has 1 aromatic carbocycles. The van der Waals surface area contributed by atoms with E-state index in [1.807, 2.05) is 0 Å². The van der Waals surface area contributed by atoms with E-state index < -0.39 is 5.97 Å². The third-order valence-corrected chi connectivity index (χ3v) is 3.67. The van der Waals surface area contributed by atoms with Crippen LogP contribution in [0.5, 0.6) is 0 Å². The van der Waals surface area contributed by atoms with E-state index >= 15 is 0 Å². The van der Waals surface area contributed by atoms with Crippen LogP contribution in [0.15, 0.2) is 24.3 Å². The average molecular weight is 347 g/mol. The van der Waals surface area contributed by atoms with Gasteiger partial charge in [0.2, 0.25) is 11.8 Å². The summed E-state index contributed by atoms with van der Waals surface area (Å²) >= 11 is 0. The van der Waals surface area contributed by atoms with Crippen molar-refractivity contribution in [2.45, 2.75) is 19.8 Å². The zero-order valence-electron chi connectivity index (χ0n) is 14.3. The lowest BCUT2D eigenvalue weighted by Crippen LogP contribution is -2.32. The summed E-state index contributed by atoms with van der Waals surface area (Å²) in [5, 5.41) is 2.69. The number of esters is 1. The van der Waals surface area contributed by atoms with Crippen molar-refractivity contribution in [1.29, 1.82) is 0 Å². The zero-order chi connectivity index (χ0) is 18.4. The number of anilines is 1. The Morgan fingerprint density at radius 3 is 2.68 bits per heavy atom. The molecule has 1 aliphatic rings. The number of carbonyl (C=O) groups excluding carboxylic acids is 4. The molecule has 1 aromatic rings. The first kappa shape index (κ1) is 18.4. The van der Waals surface area contributed by atoms with Crippen molar-refractivity contribution < 1.29 is 23.9 Å². The van der Waals surface area contributed by atoms with Gasteiger partial charge in [0.25, 0.3) is 0 Å². The highest BCUT2D eigenvalue weighted by Gasteiger charge is 2.32. The van der Waals surface area contributed by atoms with Crippen LogP contribution in [-0.2, 0) is 14.3 Å². The number of nitrogens with zero attached hydrogens (tertiary/aromatic N) is 2. The maximum atomic E-state index is 12.0. The number of hydrogen-bond acceptors (Lipinski definition) is 5. The summed E-state index contributed by atoms with van der Waals surface area (Å²) in [6.45, 7) is 2.28. The Morgan fingerprint density at radius 2 is 2.04 bits per heavy atom. The second-order valence-corrected chi connectivity index (χ2v) is 5.64. The van der Waals surface area contributed by atoms with Crippen molar-refractivity contribution in [2.75, 3.05) is 32.1 Å². The van der Waals surface area contributed by atoms with E-state index in [2.05, 4.69) is 5.32 Å². The third kappa shape index (κ3) is 4.79. The van der Waals surface area contributed by atoms with Gasteiger partial charge in [-0.25, -0.2) is 9.59 Å². The molecular formula is C17H21N3O5. The molecule has 0 bridgehead atoms. The van der Waals surface area contributed by atoms with Gasteiger partial charge in [0.1, 0.15) is 6.54 Å². The average Bonchev–Trinajstić information content (AvgIpc) is 2.81. The monoisotopic (exact) mass is 347 g/mol. The number of hydrogen-bond donors (Lipinski definition) is 1. The van der Waals surface area contributed by atoms with Crippen LogP contribution in [0.3, 0.4) is 0 Å². The predicted molar refractivity (Wildman–Crippen MR) is 90.0 cm³/mol. The Morgan fingerprint density at radius 1 is 1.28 bits per heavy atom. The van der Waals surface area contributed by atoms with Gasteiger partial charge < -0.3 is 15.0 Å². The number of amides is 4. The Bertz CT molecular complexity index is 689. The van der Waals surface area contributed by atoms with Crippen LogP contribution >= 0.6 is 0 Å². The molecule has 4 amide bonds. The second-order valence-electron chi connectivity index (χ2n) is 5.64. The standard InChI is InChI=1S/C17H21N3O5/c1-3-25-16(23)12-6-4-7-13(10-12)18-14(21)8-5-9-20-15(22)11-19(2)17(20)24/h4,6-7,10H,3,5,8-9,11H2,1-2H3,(H,18,21). The lowest BCUT2D eigenvalue weighted by molar-refractivity contribution is -0.125. The fraction of sp³-hybridized carbons (Fsp3) is 0.412. The maximum Gasteiger partial charge on any atom is 0.338 e. The molecule has 0 saturated carbocycles. The summed E-state index contributed by atoms with van der Waals surface area (Å²) in [6.07, 6.45) is 0.527. The summed E-state index contributed by atoms with van der Waals surface area (Å²) in [4.78, 5) is 49.5. The smallest absolute Gasteiger partial charge is 0.338 e. The molecule has 1 heterocycles. The Balaban J connectivity index is 1.82. The first-order valence-electron chi connectivity index (χ1n) is 8.05. The zero-order valence-corrected chi connectivity index (χ0v) is 14.3. The summed E-state index contributed by atoms with van der Waals surface area (Å²) in [5.41, 5.74) is 0.847. The highest BCUT2D eigenvalue weighted by Crippen LogP contribution is 2.13. The van der Waals surface area contributed by atoms with Gasteiger partial charge in [-0.1, -0.05) is 6.07 Å². The van der Waals surface area contributed by atoms with Crippen molar-refractivity contribution in [1.82, 2.24) is 9.80 Å². The van der Waals surface area contributed by atoms with Crippen molar-refractivity contribution in [3.05, 3.63) is 29.8 Å². The normalized spacial score (nSPS) is 14.0. The second kappa shape index (κ2) is 8.27. The summed E-state index contributed by atoms with van der Waals surface area (Å²) in [6, 6.07) is 6.13. The number of nitrogens with one attached hydrogen (secondary N) is 1. The van der Waals surface area contributed by atoms with Gasteiger partial charge in [0.15, 0.2) is 0 Å². The highest BCUT2D eigenvalue weighted by atomic mass is 16.5. The SMILES string of the molecule is CCOC(=O)c1cccc(NC(=O)CCCN2C(=O)CN(C)C2=O)c1. The van der Waals surface area contributed by atoms with Crippen LogP contribution < -0.4 is 5.32 Å². The minimum absolute atomic E-state index is 0.0751. The molecule has 1 N–H and O–H groups in total. The molecule has 0 unspecified atom stereocenters. The van der Waals surface area contributed by atoms with Crippen LogP contribution in [0.2, 0.25) is 0 Å². The lowest BCUT2D eigenvalue weighted by Gasteiger charge is -2.13. The molecule has 2 rings (SSSR count). The molecular weight excluding hydrogens is 326 g/mol. The minimum Gasteiger partial charge on any atom is -0.462 e. The summed E-state index contributed by atoms with van der Waals surface area (Å²) < 4.78 is 4.91. The molecule has 0 aromatic heterocycles. The van der Waals surface area contributed by atoms with Gasteiger partial charge in [0, 0.05) is 25.7 Å². The Hall–Kier alpha value is -2.90. The summed E-state index contributed by atoms with van der Waals surface area (Å²) in [5.74, 6) is -0.961. The number of urea groups is 1.